The summed E-state index contributed by atoms with van der Waals surface area (Å²) in [6.45, 7) is 10.9. The predicted molar refractivity (Wildman–Crippen MR) is 111 cm³/mol. The summed E-state index contributed by atoms with van der Waals surface area (Å²) < 4.78 is 27.3. The highest BCUT2D eigenvalue weighted by Gasteiger charge is 2.25. The zero-order valence-electron chi connectivity index (χ0n) is 17.0. The van der Waals surface area contributed by atoms with Crippen LogP contribution in [0.5, 0.6) is 0 Å². The summed E-state index contributed by atoms with van der Waals surface area (Å²) in [5.41, 5.74) is 0.891. The third-order valence-electron chi connectivity index (χ3n) is 4.98. The third-order valence-corrected chi connectivity index (χ3v) is 6.87. The number of hydrogen-bond donors (Lipinski definition) is 2. The van der Waals surface area contributed by atoms with Crippen LogP contribution in [0.1, 0.15) is 52.5 Å². The molecule has 1 unspecified atom stereocenters. The molecule has 0 amide bonds. The second-order valence-electron chi connectivity index (χ2n) is 7.48. The summed E-state index contributed by atoms with van der Waals surface area (Å²) in [5.74, 6) is 1.25. The Morgan fingerprint density at radius 3 is 2.52 bits per heavy atom. The smallest absolute Gasteiger partial charge is 0.243 e. The summed E-state index contributed by atoms with van der Waals surface area (Å²) in [4.78, 5) is 4.99. The van der Waals surface area contributed by atoms with E-state index in [9.17, 15) is 8.42 Å². The second kappa shape index (κ2) is 10.1. The predicted octanol–water partition coefficient (Wildman–Crippen LogP) is 2.96. The van der Waals surface area contributed by atoms with Crippen molar-refractivity contribution in [1.29, 1.82) is 0 Å². The van der Waals surface area contributed by atoms with Gasteiger partial charge in [-0.3, -0.25) is 0 Å². The molecule has 27 heavy (non-hydrogen) atoms. The van der Waals surface area contributed by atoms with Gasteiger partial charge in [0.2, 0.25) is 10.0 Å². The van der Waals surface area contributed by atoms with E-state index >= 15 is 0 Å². The highest BCUT2D eigenvalue weighted by Crippen LogP contribution is 2.21. The molecular formula is C20H34N4O2S. The van der Waals surface area contributed by atoms with Gasteiger partial charge in [-0.05, 0) is 50.3 Å². The van der Waals surface area contributed by atoms with Gasteiger partial charge in [-0.25, -0.2) is 13.4 Å². The van der Waals surface area contributed by atoms with Crippen LogP contribution in [-0.2, 0) is 16.6 Å². The van der Waals surface area contributed by atoms with Crippen LogP contribution in [0.3, 0.4) is 0 Å². The van der Waals surface area contributed by atoms with Gasteiger partial charge in [0.1, 0.15) is 0 Å². The number of aliphatic imine (C=N–C) groups is 1. The first-order valence-corrected chi connectivity index (χ1v) is 11.4. The van der Waals surface area contributed by atoms with Crippen LogP contribution in [0, 0.1) is 5.92 Å². The first kappa shape index (κ1) is 21.7. The second-order valence-corrected chi connectivity index (χ2v) is 9.42. The maximum atomic E-state index is 12.9. The van der Waals surface area contributed by atoms with E-state index < -0.39 is 10.0 Å². The summed E-state index contributed by atoms with van der Waals surface area (Å²) in [7, 11) is -3.41. The van der Waals surface area contributed by atoms with Crippen molar-refractivity contribution in [3.63, 3.8) is 0 Å². The van der Waals surface area contributed by atoms with Crippen LogP contribution in [0.15, 0.2) is 34.2 Å². The Labute approximate surface area is 164 Å². The lowest BCUT2D eigenvalue weighted by atomic mass is 10.1. The average Bonchev–Trinajstić information content (AvgIpc) is 2.67. The number of nitrogens with one attached hydrogen (secondary N) is 2. The summed E-state index contributed by atoms with van der Waals surface area (Å²) in [5, 5.41) is 6.64. The lowest BCUT2D eigenvalue weighted by molar-refractivity contribution is 0.346. The van der Waals surface area contributed by atoms with Crippen LogP contribution < -0.4 is 10.6 Å². The molecular weight excluding hydrogens is 360 g/mol. The number of guanidine groups is 1. The Morgan fingerprint density at radius 2 is 1.89 bits per heavy atom. The third kappa shape index (κ3) is 6.21. The van der Waals surface area contributed by atoms with E-state index in [-0.39, 0.29) is 0 Å². The van der Waals surface area contributed by atoms with E-state index in [0.29, 0.717) is 36.5 Å². The van der Waals surface area contributed by atoms with Gasteiger partial charge in [-0.1, -0.05) is 32.4 Å². The van der Waals surface area contributed by atoms with Crippen molar-refractivity contribution in [2.24, 2.45) is 10.9 Å². The molecule has 0 bridgehead atoms. The van der Waals surface area contributed by atoms with Gasteiger partial charge in [0.15, 0.2) is 5.96 Å². The van der Waals surface area contributed by atoms with Crippen molar-refractivity contribution < 1.29 is 8.42 Å². The van der Waals surface area contributed by atoms with Gasteiger partial charge < -0.3 is 10.6 Å². The van der Waals surface area contributed by atoms with E-state index in [1.165, 1.54) is 0 Å². The fourth-order valence-electron chi connectivity index (χ4n) is 2.93. The quantitative estimate of drug-likeness (QED) is 0.551. The molecule has 0 aliphatic carbocycles. The molecule has 1 heterocycles. The van der Waals surface area contributed by atoms with Gasteiger partial charge in [-0.2, -0.15) is 4.31 Å². The zero-order valence-corrected chi connectivity index (χ0v) is 17.8. The molecule has 152 valence electrons. The van der Waals surface area contributed by atoms with Crippen LogP contribution in [0.2, 0.25) is 0 Å². The molecule has 0 saturated carbocycles. The summed E-state index contributed by atoms with van der Waals surface area (Å²) >= 11 is 0. The minimum atomic E-state index is -3.41. The normalized spacial score (nSPS) is 17.7. The van der Waals surface area contributed by atoms with Crippen molar-refractivity contribution in [2.45, 2.75) is 64.4 Å². The van der Waals surface area contributed by atoms with Gasteiger partial charge in [0, 0.05) is 25.7 Å². The molecule has 1 aliphatic rings. The molecule has 2 N–H and O–H groups in total. The van der Waals surface area contributed by atoms with Crippen LogP contribution >= 0.6 is 0 Å². The monoisotopic (exact) mass is 394 g/mol. The molecule has 0 aromatic heterocycles. The van der Waals surface area contributed by atoms with Crippen molar-refractivity contribution >= 4 is 16.0 Å². The van der Waals surface area contributed by atoms with Gasteiger partial charge >= 0.3 is 0 Å². The van der Waals surface area contributed by atoms with Crippen molar-refractivity contribution in [3.8, 4) is 0 Å². The number of sulfonamides is 1. The van der Waals surface area contributed by atoms with Crippen molar-refractivity contribution in [3.05, 3.63) is 29.8 Å². The standard InChI is InChI=1S/C20H34N4O2S/c1-5-21-20(23-17(4)16(2)3)22-15-18-10-9-11-19(14-18)27(25,26)24-12-7-6-8-13-24/h9-11,14,16-17H,5-8,12-13,15H2,1-4H3,(H2,21,22,23). The van der Waals surface area contributed by atoms with Crippen LogP contribution in [0.25, 0.3) is 0 Å². The Balaban J connectivity index is 2.13. The molecule has 0 radical (unpaired) electrons. The van der Waals surface area contributed by atoms with Crippen LogP contribution in [0.4, 0.5) is 0 Å². The topological polar surface area (TPSA) is 73.8 Å². The Bertz CT molecular complexity index is 725. The molecule has 1 aromatic carbocycles. The molecule has 1 aromatic rings. The van der Waals surface area contributed by atoms with Gasteiger partial charge in [0.05, 0.1) is 11.4 Å². The average molecular weight is 395 g/mol. The first-order valence-electron chi connectivity index (χ1n) is 9.98. The largest absolute Gasteiger partial charge is 0.357 e. The van der Waals surface area contributed by atoms with Gasteiger partial charge in [-0.15, -0.1) is 0 Å². The fourth-order valence-corrected chi connectivity index (χ4v) is 4.52. The highest BCUT2D eigenvalue weighted by molar-refractivity contribution is 7.89. The van der Waals surface area contributed by atoms with Crippen molar-refractivity contribution in [2.75, 3.05) is 19.6 Å². The maximum Gasteiger partial charge on any atom is 0.243 e. The number of benzene rings is 1. The van der Waals surface area contributed by atoms with Gasteiger partial charge in [0.25, 0.3) is 0 Å². The number of rotatable bonds is 7. The molecule has 0 spiro atoms. The molecule has 6 nitrogen and oxygen atoms in total. The Kier molecular flexibility index (Phi) is 8.10. The summed E-state index contributed by atoms with van der Waals surface area (Å²) in [6, 6.07) is 7.46. The Morgan fingerprint density at radius 1 is 1.19 bits per heavy atom. The number of nitrogens with zero attached hydrogens (tertiary/aromatic N) is 2. The molecule has 7 heteroatoms. The minimum absolute atomic E-state index is 0.300. The lowest BCUT2D eigenvalue weighted by Crippen LogP contribution is -2.44. The molecule has 1 aliphatic heterocycles. The number of hydrogen-bond acceptors (Lipinski definition) is 3. The van der Waals surface area contributed by atoms with E-state index in [4.69, 9.17) is 0 Å². The van der Waals surface area contributed by atoms with Crippen LogP contribution in [-0.4, -0.2) is 44.4 Å². The Hall–Kier alpha value is -1.60. The molecule has 1 fully saturated rings. The molecule has 1 atom stereocenters. The van der Waals surface area contributed by atoms with E-state index in [1.54, 1.807) is 22.5 Å². The fraction of sp³-hybridized carbons (Fsp3) is 0.650. The van der Waals surface area contributed by atoms with E-state index in [0.717, 1.165) is 37.3 Å². The van der Waals surface area contributed by atoms with E-state index in [1.807, 2.05) is 13.0 Å². The first-order chi connectivity index (χ1) is 12.8. The SMILES string of the molecule is CCNC(=NCc1cccc(S(=O)(=O)N2CCCCC2)c1)NC(C)C(C)C. The molecule has 2 rings (SSSR count). The highest BCUT2D eigenvalue weighted by atomic mass is 32.2. The van der Waals surface area contributed by atoms with E-state index in [2.05, 4.69) is 36.4 Å². The maximum absolute atomic E-state index is 12.9. The number of piperidine rings is 1. The lowest BCUT2D eigenvalue weighted by Gasteiger charge is -2.26. The minimum Gasteiger partial charge on any atom is -0.357 e. The molecule has 1 saturated heterocycles. The van der Waals surface area contributed by atoms with Crippen molar-refractivity contribution in [1.82, 2.24) is 14.9 Å². The summed E-state index contributed by atoms with van der Waals surface area (Å²) in [6.07, 6.45) is 2.99. The zero-order chi connectivity index (χ0) is 19.9.